The highest BCUT2D eigenvalue weighted by Crippen LogP contribution is 2.27. The van der Waals surface area contributed by atoms with Crippen molar-refractivity contribution in [2.45, 2.75) is 33.7 Å². The van der Waals surface area contributed by atoms with Gasteiger partial charge in [0.2, 0.25) is 5.91 Å². The van der Waals surface area contributed by atoms with Gasteiger partial charge in [-0.15, -0.1) is 0 Å². The predicted molar refractivity (Wildman–Crippen MR) is 101 cm³/mol. The summed E-state index contributed by atoms with van der Waals surface area (Å²) in [7, 11) is 0. The molecule has 0 aliphatic heterocycles. The van der Waals surface area contributed by atoms with Crippen LogP contribution in [0.15, 0.2) is 48.5 Å². The second-order valence-corrected chi connectivity index (χ2v) is 6.55. The minimum Gasteiger partial charge on any atom is -0.352 e. The zero-order valence-electron chi connectivity index (χ0n) is 15.1. The molecule has 0 heterocycles. The molecular formula is C21H26N2O2. The number of rotatable bonds is 7. The SMILES string of the molecule is CC(=O)NCc1ccccc1-c1ccccc1C(=O)NCCC(C)C. The molecule has 2 amide bonds. The Balaban J connectivity index is 2.28. The molecule has 2 aromatic carbocycles. The smallest absolute Gasteiger partial charge is 0.251 e. The second kappa shape index (κ2) is 9.02. The maximum atomic E-state index is 12.6. The molecule has 0 aliphatic carbocycles. The quantitative estimate of drug-likeness (QED) is 0.807. The van der Waals surface area contributed by atoms with Crippen molar-refractivity contribution in [1.29, 1.82) is 0 Å². The van der Waals surface area contributed by atoms with Crippen molar-refractivity contribution in [2.24, 2.45) is 5.92 Å². The topological polar surface area (TPSA) is 58.2 Å². The van der Waals surface area contributed by atoms with Crippen LogP contribution in [0.2, 0.25) is 0 Å². The Morgan fingerprint density at radius 2 is 1.56 bits per heavy atom. The largest absolute Gasteiger partial charge is 0.352 e. The van der Waals surface area contributed by atoms with Gasteiger partial charge in [-0.25, -0.2) is 0 Å². The lowest BCUT2D eigenvalue weighted by Gasteiger charge is -2.14. The second-order valence-electron chi connectivity index (χ2n) is 6.55. The summed E-state index contributed by atoms with van der Waals surface area (Å²) in [5.41, 5.74) is 3.48. The van der Waals surface area contributed by atoms with Crippen LogP contribution in [-0.2, 0) is 11.3 Å². The van der Waals surface area contributed by atoms with Gasteiger partial charge < -0.3 is 10.6 Å². The third kappa shape index (κ3) is 5.45. The molecule has 0 radical (unpaired) electrons. The number of nitrogens with one attached hydrogen (secondary N) is 2. The summed E-state index contributed by atoms with van der Waals surface area (Å²) in [5, 5.41) is 5.83. The molecule has 0 bridgehead atoms. The highest BCUT2D eigenvalue weighted by molar-refractivity contribution is 6.01. The van der Waals surface area contributed by atoms with E-state index in [1.54, 1.807) is 0 Å². The first-order chi connectivity index (χ1) is 12.0. The fourth-order valence-electron chi connectivity index (χ4n) is 2.64. The molecule has 0 unspecified atom stereocenters. The van der Waals surface area contributed by atoms with E-state index in [2.05, 4.69) is 24.5 Å². The van der Waals surface area contributed by atoms with E-state index in [4.69, 9.17) is 0 Å². The van der Waals surface area contributed by atoms with Gasteiger partial charge in [-0.05, 0) is 35.1 Å². The van der Waals surface area contributed by atoms with Crippen molar-refractivity contribution in [3.05, 3.63) is 59.7 Å². The Hall–Kier alpha value is -2.62. The number of carbonyl (C=O) groups is 2. The Morgan fingerprint density at radius 3 is 2.24 bits per heavy atom. The Bertz CT molecular complexity index is 738. The minimum absolute atomic E-state index is 0.0643. The highest BCUT2D eigenvalue weighted by atomic mass is 16.2. The van der Waals surface area contributed by atoms with E-state index < -0.39 is 0 Å². The van der Waals surface area contributed by atoms with Gasteiger partial charge in [-0.3, -0.25) is 9.59 Å². The summed E-state index contributed by atoms with van der Waals surface area (Å²) in [4.78, 5) is 23.9. The molecule has 0 fully saturated rings. The fraction of sp³-hybridized carbons (Fsp3) is 0.333. The molecule has 0 aliphatic rings. The third-order valence-corrected chi connectivity index (χ3v) is 4.01. The van der Waals surface area contributed by atoms with Crippen molar-refractivity contribution >= 4 is 11.8 Å². The van der Waals surface area contributed by atoms with E-state index >= 15 is 0 Å². The molecule has 25 heavy (non-hydrogen) atoms. The number of carbonyl (C=O) groups excluding carboxylic acids is 2. The Morgan fingerprint density at radius 1 is 0.920 bits per heavy atom. The maximum Gasteiger partial charge on any atom is 0.251 e. The molecule has 2 N–H and O–H groups in total. The van der Waals surface area contributed by atoms with E-state index in [1.807, 2.05) is 48.5 Å². The van der Waals surface area contributed by atoms with Crippen molar-refractivity contribution in [3.63, 3.8) is 0 Å². The van der Waals surface area contributed by atoms with Crippen molar-refractivity contribution < 1.29 is 9.59 Å². The first-order valence-corrected chi connectivity index (χ1v) is 8.69. The molecule has 0 saturated heterocycles. The van der Waals surface area contributed by atoms with Gasteiger partial charge in [0.15, 0.2) is 0 Å². The van der Waals surface area contributed by atoms with Gasteiger partial charge in [0.05, 0.1) is 0 Å². The summed E-state index contributed by atoms with van der Waals surface area (Å²) in [6, 6.07) is 15.4. The van der Waals surface area contributed by atoms with E-state index in [0.717, 1.165) is 23.1 Å². The van der Waals surface area contributed by atoms with Gasteiger partial charge in [0.1, 0.15) is 0 Å². The normalized spacial score (nSPS) is 10.6. The fourth-order valence-corrected chi connectivity index (χ4v) is 2.64. The molecule has 4 heteroatoms. The number of hydrogen-bond donors (Lipinski definition) is 2. The minimum atomic E-state index is -0.0745. The van der Waals surface area contributed by atoms with Crippen LogP contribution in [0.1, 0.15) is 43.1 Å². The van der Waals surface area contributed by atoms with Crippen molar-refractivity contribution in [1.82, 2.24) is 10.6 Å². The van der Waals surface area contributed by atoms with Crippen molar-refractivity contribution in [3.8, 4) is 11.1 Å². The van der Waals surface area contributed by atoms with E-state index in [9.17, 15) is 9.59 Å². The molecule has 0 atom stereocenters. The van der Waals surface area contributed by atoms with E-state index in [0.29, 0.717) is 24.6 Å². The Kier molecular flexibility index (Phi) is 6.75. The molecule has 2 rings (SSSR count). The lowest BCUT2D eigenvalue weighted by molar-refractivity contribution is -0.119. The average molecular weight is 338 g/mol. The van der Waals surface area contributed by atoms with Crippen LogP contribution in [-0.4, -0.2) is 18.4 Å². The van der Waals surface area contributed by atoms with Crippen LogP contribution in [0.25, 0.3) is 11.1 Å². The summed E-state index contributed by atoms with van der Waals surface area (Å²) in [6.07, 6.45) is 0.951. The van der Waals surface area contributed by atoms with Gasteiger partial charge in [0.25, 0.3) is 5.91 Å². The number of hydrogen-bond acceptors (Lipinski definition) is 2. The monoisotopic (exact) mass is 338 g/mol. The van der Waals surface area contributed by atoms with Gasteiger partial charge in [0, 0.05) is 25.6 Å². The van der Waals surface area contributed by atoms with E-state index in [-0.39, 0.29) is 11.8 Å². The molecule has 4 nitrogen and oxygen atoms in total. The lowest BCUT2D eigenvalue weighted by atomic mass is 9.95. The maximum absolute atomic E-state index is 12.6. The molecule has 0 aromatic heterocycles. The standard InChI is InChI=1S/C21H26N2O2/c1-15(2)12-13-22-21(25)20-11-7-6-10-19(20)18-9-5-4-8-17(18)14-23-16(3)24/h4-11,15H,12-14H2,1-3H3,(H,22,25)(H,23,24). The first-order valence-electron chi connectivity index (χ1n) is 8.69. The summed E-state index contributed by atoms with van der Waals surface area (Å²) < 4.78 is 0. The summed E-state index contributed by atoms with van der Waals surface area (Å²) in [6.45, 7) is 6.88. The average Bonchev–Trinajstić information content (AvgIpc) is 2.59. The summed E-state index contributed by atoms with van der Waals surface area (Å²) in [5.74, 6) is 0.411. The predicted octanol–water partition coefficient (Wildman–Crippen LogP) is 3.77. The Labute approximate surface area is 149 Å². The van der Waals surface area contributed by atoms with E-state index in [1.165, 1.54) is 6.92 Å². The van der Waals surface area contributed by atoms with Gasteiger partial charge in [-0.1, -0.05) is 56.3 Å². The lowest BCUT2D eigenvalue weighted by Crippen LogP contribution is -2.26. The first kappa shape index (κ1) is 18.7. The highest BCUT2D eigenvalue weighted by Gasteiger charge is 2.14. The summed E-state index contributed by atoms with van der Waals surface area (Å²) >= 11 is 0. The van der Waals surface area contributed by atoms with Crippen LogP contribution in [0, 0.1) is 5.92 Å². The molecule has 2 aromatic rings. The van der Waals surface area contributed by atoms with Crippen molar-refractivity contribution in [2.75, 3.05) is 6.54 Å². The number of benzene rings is 2. The zero-order valence-corrected chi connectivity index (χ0v) is 15.1. The van der Waals surface area contributed by atoms with Crippen LogP contribution >= 0.6 is 0 Å². The van der Waals surface area contributed by atoms with Crippen LogP contribution < -0.4 is 10.6 Å². The van der Waals surface area contributed by atoms with Crippen LogP contribution in [0.5, 0.6) is 0 Å². The van der Waals surface area contributed by atoms with Crippen LogP contribution in [0.3, 0.4) is 0 Å². The number of amides is 2. The van der Waals surface area contributed by atoms with Gasteiger partial charge >= 0.3 is 0 Å². The molecule has 0 saturated carbocycles. The third-order valence-electron chi connectivity index (χ3n) is 4.01. The van der Waals surface area contributed by atoms with Gasteiger partial charge in [-0.2, -0.15) is 0 Å². The molecule has 0 spiro atoms. The molecule has 132 valence electrons. The van der Waals surface area contributed by atoms with Crippen LogP contribution in [0.4, 0.5) is 0 Å². The zero-order chi connectivity index (χ0) is 18.2. The molecular weight excluding hydrogens is 312 g/mol.